The standard InChI is InChI=1S/C14H17BrClN3OS/c1-20-7-6-19-14(12(16)8-18-19)13(17)9-21-11-4-2-10(15)3-5-11/h2-5,8,13H,6-7,9,17H2,1H3. The Morgan fingerprint density at radius 1 is 1.43 bits per heavy atom. The van der Waals surface area contributed by atoms with Crippen LogP contribution >= 0.6 is 39.3 Å². The topological polar surface area (TPSA) is 53.1 Å². The van der Waals surface area contributed by atoms with E-state index in [1.54, 1.807) is 25.1 Å². The largest absolute Gasteiger partial charge is 0.383 e. The molecule has 0 aliphatic carbocycles. The van der Waals surface area contributed by atoms with Gasteiger partial charge in [0, 0.05) is 22.2 Å². The zero-order valence-corrected chi connectivity index (χ0v) is 14.8. The van der Waals surface area contributed by atoms with Crippen LogP contribution in [0.4, 0.5) is 0 Å². The first-order valence-electron chi connectivity index (χ1n) is 6.46. The van der Waals surface area contributed by atoms with Crippen molar-refractivity contribution in [3.63, 3.8) is 0 Å². The van der Waals surface area contributed by atoms with Crippen LogP contribution in [0.15, 0.2) is 39.8 Å². The lowest BCUT2D eigenvalue weighted by atomic mass is 10.2. The fourth-order valence-corrected chi connectivity index (χ4v) is 3.30. The summed E-state index contributed by atoms with van der Waals surface area (Å²) in [7, 11) is 1.66. The molecule has 0 fully saturated rings. The molecule has 0 spiro atoms. The molecule has 1 unspecified atom stereocenters. The highest BCUT2D eigenvalue weighted by Crippen LogP contribution is 2.28. The number of aromatic nitrogens is 2. The van der Waals surface area contributed by atoms with Gasteiger partial charge in [-0.2, -0.15) is 5.10 Å². The van der Waals surface area contributed by atoms with Crippen LogP contribution in [-0.4, -0.2) is 29.3 Å². The summed E-state index contributed by atoms with van der Waals surface area (Å²) in [5.74, 6) is 0.736. The van der Waals surface area contributed by atoms with Gasteiger partial charge in [-0.05, 0) is 24.3 Å². The van der Waals surface area contributed by atoms with Crippen LogP contribution in [0, 0.1) is 0 Å². The van der Waals surface area contributed by atoms with Gasteiger partial charge < -0.3 is 10.5 Å². The van der Waals surface area contributed by atoms with Crippen molar-refractivity contribution >= 4 is 39.3 Å². The Balaban J connectivity index is 2.01. The molecule has 0 amide bonds. The van der Waals surface area contributed by atoms with E-state index >= 15 is 0 Å². The summed E-state index contributed by atoms with van der Waals surface area (Å²) in [5, 5.41) is 4.86. The Morgan fingerprint density at radius 3 is 2.81 bits per heavy atom. The van der Waals surface area contributed by atoms with E-state index in [0.717, 1.165) is 15.9 Å². The normalized spacial score (nSPS) is 12.6. The monoisotopic (exact) mass is 389 g/mol. The summed E-state index contributed by atoms with van der Waals surface area (Å²) < 4.78 is 7.96. The van der Waals surface area contributed by atoms with Crippen molar-refractivity contribution in [3.8, 4) is 0 Å². The summed E-state index contributed by atoms with van der Waals surface area (Å²) in [6.45, 7) is 1.23. The van der Waals surface area contributed by atoms with Gasteiger partial charge in [-0.25, -0.2) is 0 Å². The van der Waals surface area contributed by atoms with Crippen molar-refractivity contribution in [1.82, 2.24) is 9.78 Å². The SMILES string of the molecule is COCCn1ncc(Cl)c1C(N)CSc1ccc(Br)cc1. The molecule has 2 rings (SSSR count). The number of ether oxygens (including phenoxy) is 1. The zero-order valence-electron chi connectivity index (χ0n) is 11.6. The first-order chi connectivity index (χ1) is 10.1. The maximum absolute atomic E-state index is 6.27. The van der Waals surface area contributed by atoms with E-state index in [-0.39, 0.29) is 6.04 Å². The molecular weight excluding hydrogens is 374 g/mol. The van der Waals surface area contributed by atoms with Crippen LogP contribution in [0.3, 0.4) is 0 Å². The lowest BCUT2D eigenvalue weighted by Crippen LogP contribution is -2.20. The van der Waals surface area contributed by atoms with Crippen molar-refractivity contribution in [2.75, 3.05) is 19.5 Å². The molecule has 21 heavy (non-hydrogen) atoms. The number of rotatable bonds is 7. The third-order valence-electron chi connectivity index (χ3n) is 2.93. The molecule has 7 heteroatoms. The van der Waals surface area contributed by atoms with Crippen LogP contribution in [0.2, 0.25) is 5.02 Å². The number of methoxy groups -OCH3 is 1. The number of thioether (sulfide) groups is 1. The Kier molecular flexibility index (Phi) is 6.57. The third-order valence-corrected chi connectivity index (χ3v) is 4.89. The van der Waals surface area contributed by atoms with Crippen LogP contribution < -0.4 is 5.73 Å². The van der Waals surface area contributed by atoms with Gasteiger partial charge in [0.2, 0.25) is 0 Å². The van der Waals surface area contributed by atoms with E-state index in [9.17, 15) is 0 Å². The lowest BCUT2D eigenvalue weighted by Gasteiger charge is -2.14. The van der Waals surface area contributed by atoms with Gasteiger partial charge in [0.15, 0.2) is 0 Å². The third kappa shape index (κ3) is 4.72. The minimum absolute atomic E-state index is 0.175. The Hall–Kier alpha value is -0.530. The van der Waals surface area contributed by atoms with Gasteiger partial charge in [0.25, 0.3) is 0 Å². The minimum atomic E-state index is -0.175. The van der Waals surface area contributed by atoms with Gasteiger partial charge in [-0.3, -0.25) is 4.68 Å². The summed E-state index contributed by atoms with van der Waals surface area (Å²) in [6.07, 6.45) is 1.64. The van der Waals surface area contributed by atoms with Crippen LogP contribution in [0.1, 0.15) is 11.7 Å². The molecule has 0 bridgehead atoms. The van der Waals surface area contributed by atoms with E-state index in [4.69, 9.17) is 22.1 Å². The van der Waals surface area contributed by atoms with E-state index in [2.05, 4.69) is 33.2 Å². The van der Waals surface area contributed by atoms with Gasteiger partial charge in [-0.15, -0.1) is 11.8 Å². The fraction of sp³-hybridized carbons (Fsp3) is 0.357. The molecule has 0 radical (unpaired) electrons. The minimum Gasteiger partial charge on any atom is -0.383 e. The highest BCUT2D eigenvalue weighted by Gasteiger charge is 2.17. The van der Waals surface area contributed by atoms with Crippen molar-refractivity contribution < 1.29 is 4.74 Å². The Labute approximate surface area is 142 Å². The maximum atomic E-state index is 6.27. The van der Waals surface area contributed by atoms with Crippen molar-refractivity contribution in [3.05, 3.63) is 45.7 Å². The molecule has 114 valence electrons. The summed E-state index contributed by atoms with van der Waals surface area (Å²) in [5.41, 5.74) is 7.13. The van der Waals surface area contributed by atoms with E-state index in [1.165, 1.54) is 4.90 Å². The first-order valence-corrected chi connectivity index (χ1v) is 8.61. The quantitative estimate of drug-likeness (QED) is 0.732. The van der Waals surface area contributed by atoms with E-state index in [0.29, 0.717) is 18.2 Å². The average Bonchev–Trinajstić information content (AvgIpc) is 2.85. The zero-order chi connectivity index (χ0) is 15.2. The van der Waals surface area contributed by atoms with Crippen LogP contribution in [0.5, 0.6) is 0 Å². The number of nitrogens with zero attached hydrogens (tertiary/aromatic N) is 2. The maximum Gasteiger partial charge on any atom is 0.0834 e. The van der Waals surface area contributed by atoms with Gasteiger partial charge in [0.1, 0.15) is 0 Å². The second-order valence-corrected chi connectivity index (χ2v) is 6.88. The lowest BCUT2D eigenvalue weighted by molar-refractivity contribution is 0.182. The van der Waals surface area contributed by atoms with Gasteiger partial charge >= 0.3 is 0 Å². The number of hydrogen-bond acceptors (Lipinski definition) is 4. The summed E-state index contributed by atoms with van der Waals surface area (Å²) in [4.78, 5) is 1.17. The van der Waals surface area contributed by atoms with Crippen molar-refractivity contribution in [2.24, 2.45) is 5.73 Å². The van der Waals surface area contributed by atoms with Gasteiger partial charge in [-0.1, -0.05) is 27.5 Å². The predicted octanol–water partition coefficient (Wildman–Crippen LogP) is 3.74. The molecule has 1 atom stereocenters. The molecule has 1 aromatic heterocycles. The van der Waals surface area contributed by atoms with Crippen LogP contribution in [-0.2, 0) is 11.3 Å². The van der Waals surface area contributed by atoms with Crippen LogP contribution in [0.25, 0.3) is 0 Å². The highest BCUT2D eigenvalue weighted by molar-refractivity contribution is 9.10. The molecule has 0 saturated heterocycles. The Morgan fingerprint density at radius 2 is 2.14 bits per heavy atom. The molecule has 4 nitrogen and oxygen atoms in total. The number of benzene rings is 1. The number of hydrogen-bond donors (Lipinski definition) is 1. The Bertz CT molecular complexity index is 576. The molecule has 0 aliphatic rings. The second-order valence-electron chi connectivity index (χ2n) is 4.47. The molecule has 2 aromatic rings. The fourth-order valence-electron chi connectivity index (χ4n) is 1.89. The number of halogens is 2. The number of nitrogens with two attached hydrogens (primary N) is 1. The first kappa shape index (κ1) is 16.8. The molecular formula is C14H17BrClN3OS. The predicted molar refractivity (Wildman–Crippen MR) is 90.9 cm³/mol. The molecule has 0 aliphatic heterocycles. The highest BCUT2D eigenvalue weighted by atomic mass is 79.9. The smallest absolute Gasteiger partial charge is 0.0834 e. The summed E-state index contributed by atoms with van der Waals surface area (Å²) in [6, 6.07) is 7.98. The van der Waals surface area contributed by atoms with E-state index in [1.807, 2.05) is 16.8 Å². The molecule has 1 aromatic carbocycles. The second kappa shape index (κ2) is 8.19. The molecule has 2 N–H and O–H groups in total. The van der Waals surface area contributed by atoms with Crippen molar-refractivity contribution in [2.45, 2.75) is 17.5 Å². The molecule has 1 heterocycles. The average molecular weight is 391 g/mol. The van der Waals surface area contributed by atoms with Gasteiger partial charge in [0.05, 0.1) is 36.1 Å². The van der Waals surface area contributed by atoms with E-state index < -0.39 is 0 Å². The summed E-state index contributed by atoms with van der Waals surface area (Å²) >= 11 is 11.3. The van der Waals surface area contributed by atoms with Crippen molar-refractivity contribution in [1.29, 1.82) is 0 Å². The molecule has 0 saturated carbocycles.